The van der Waals surface area contributed by atoms with Crippen LogP contribution >= 0.6 is 11.6 Å². The Balaban J connectivity index is 2.38. The Labute approximate surface area is 112 Å². The van der Waals surface area contributed by atoms with Crippen molar-refractivity contribution in [3.63, 3.8) is 0 Å². The second kappa shape index (κ2) is 4.96. The molecule has 19 heavy (non-hydrogen) atoms. The maximum Gasteiger partial charge on any atom is 0.328 e. The lowest BCUT2D eigenvalue weighted by Gasteiger charge is -2.32. The van der Waals surface area contributed by atoms with Crippen molar-refractivity contribution < 1.29 is 19.6 Å². The van der Waals surface area contributed by atoms with Crippen LogP contribution < -0.4 is 16.1 Å². The first-order valence-electron chi connectivity index (χ1n) is 5.31. The van der Waals surface area contributed by atoms with Crippen molar-refractivity contribution in [2.45, 2.75) is 12.0 Å². The molecule has 0 aromatic heterocycles. The number of amides is 4. The van der Waals surface area contributed by atoms with Crippen LogP contribution in [0.2, 0.25) is 5.02 Å². The molecule has 100 valence electrons. The molecule has 0 saturated carbocycles. The molecule has 4 N–H and O–H groups in total. The zero-order chi connectivity index (χ0) is 14.0. The quantitative estimate of drug-likeness (QED) is 0.460. The third-order valence-corrected chi connectivity index (χ3v) is 3.20. The molecule has 0 atom stereocenters. The molecule has 0 aliphatic carbocycles. The Kier molecular flexibility index (Phi) is 3.52. The highest BCUT2D eigenvalue weighted by Crippen LogP contribution is 2.22. The number of carbonyl (C=O) groups is 3. The maximum atomic E-state index is 11.8. The molecule has 1 fully saturated rings. The normalized spacial score (nSPS) is 17.9. The highest BCUT2D eigenvalue weighted by Gasteiger charge is 2.50. The summed E-state index contributed by atoms with van der Waals surface area (Å²) in [6, 6.07) is 5.63. The Hall–Kier alpha value is -1.96. The summed E-state index contributed by atoms with van der Waals surface area (Å²) in [5.41, 5.74) is 0.168. The molecule has 0 bridgehead atoms. The third-order valence-electron chi connectivity index (χ3n) is 2.83. The average Bonchev–Trinajstić information content (AvgIpc) is 2.36. The van der Waals surface area contributed by atoms with Gasteiger partial charge in [0, 0.05) is 11.4 Å². The van der Waals surface area contributed by atoms with Gasteiger partial charge in [0.25, 0.3) is 11.8 Å². The van der Waals surface area contributed by atoms with Gasteiger partial charge in [-0.25, -0.2) is 4.79 Å². The molecule has 4 amide bonds. The van der Waals surface area contributed by atoms with Gasteiger partial charge in [-0.15, -0.1) is 0 Å². The summed E-state index contributed by atoms with van der Waals surface area (Å²) in [5.74, 6) is -1.88. The number of benzene rings is 1. The number of urea groups is 1. The molecule has 8 heteroatoms. The minimum atomic E-state index is -1.99. The lowest BCUT2D eigenvalue weighted by atomic mass is 9.88. The van der Waals surface area contributed by atoms with Gasteiger partial charge in [0.1, 0.15) is 0 Å². The van der Waals surface area contributed by atoms with E-state index in [1.807, 2.05) is 10.6 Å². The van der Waals surface area contributed by atoms with E-state index in [4.69, 9.17) is 11.6 Å². The van der Waals surface area contributed by atoms with Crippen LogP contribution in [-0.2, 0) is 16.0 Å². The predicted octanol–water partition coefficient (Wildman–Crippen LogP) is -0.0339. The topological polar surface area (TPSA) is 108 Å². The highest BCUT2D eigenvalue weighted by molar-refractivity contribution is 6.31. The van der Waals surface area contributed by atoms with Crippen molar-refractivity contribution in [3.8, 4) is 0 Å². The van der Waals surface area contributed by atoms with Gasteiger partial charge in [-0.2, -0.15) is 5.48 Å². The Morgan fingerprint density at radius 1 is 1.16 bits per heavy atom. The van der Waals surface area contributed by atoms with Crippen molar-refractivity contribution in [1.82, 2.24) is 16.1 Å². The monoisotopic (exact) mass is 283 g/mol. The smallest absolute Gasteiger partial charge is 0.315 e. The summed E-state index contributed by atoms with van der Waals surface area (Å²) in [6.07, 6.45) is -0.200. The number of halogens is 1. The number of hydroxylamine groups is 1. The molecule has 1 aliphatic rings. The second-order valence-corrected chi connectivity index (χ2v) is 4.43. The standard InChI is InChI=1S/C11H10ClN3O4/c12-7-4-2-1-3-6(7)5-11(15-19)8(16)13-10(18)14-9(11)17/h1-4,15,19H,5H2,(H2,13,14,16,17,18). The van der Waals surface area contributed by atoms with Crippen LogP contribution in [0, 0.1) is 0 Å². The summed E-state index contributed by atoms with van der Waals surface area (Å²) >= 11 is 5.95. The molecule has 1 aliphatic heterocycles. The fourth-order valence-electron chi connectivity index (χ4n) is 1.78. The second-order valence-electron chi connectivity index (χ2n) is 4.02. The fourth-order valence-corrected chi connectivity index (χ4v) is 1.99. The Bertz CT molecular complexity index is 541. The van der Waals surface area contributed by atoms with Crippen molar-refractivity contribution in [3.05, 3.63) is 34.9 Å². The van der Waals surface area contributed by atoms with Gasteiger partial charge in [-0.1, -0.05) is 29.8 Å². The van der Waals surface area contributed by atoms with Crippen LogP contribution in [0.3, 0.4) is 0 Å². The molecule has 1 aromatic rings. The number of hydrogen-bond acceptors (Lipinski definition) is 5. The van der Waals surface area contributed by atoms with Crippen LogP contribution in [0.25, 0.3) is 0 Å². The van der Waals surface area contributed by atoms with E-state index in [2.05, 4.69) is 0 Å². The molecule has 0 radical (unpaired) electrons. The number of imide groups is 2. The number of rotatable bonds is 3. The van der Waals surface area contributed by atoms with Crippen molar-refractivity contribution >= 4 is 29.4 Å². The molecule has 1 heterocycles. The van der Waals surface area contributed by atoms with Crippen LogP contribution in [0.15, 0.2) is 24.3 Å². The SMILES string of the molecule is O=C1NC(=O)C(Cc2ccccc2Cl)(NO)C(=O)N1. The van der Waals surface area contributed by atoms with Gasteiger partial charge in [-0.3, -0.25) is 20.2 Å². The predicted molar refractivity (Wildman–Crippen MR) is 64.5 cm³/mol. The van der Waals surface area contributed by atoms with Gasteiger partial charge in [0.2, 0.25) is 5.54 Å². The van der Waals surface area contributed by atoms with Crippen LogP contribution in [0.1, 0.15) is 5.56 Å². The van der Waals surface area contributed by atoms with E-state index < -0.39 is 23.4 Å². The summed E-state index contributed by atoms with van der Waals surface area (Å²) in [4.78, 5) is 34.7. The van der Waals surface area contributed by atoms with Crippen molar-refractivity contribution in [1.29, 1.82) is 0 Å². The molecule has 0 spiro atoms. The van der Waals surface area contributed by atoms with Crippen LogP contribution in [-0.4, -0.2) is 28.6 Å². The molecular formula is C11H10ClN3O4. The van der Waals surface area contributed by atoms with Gasteiger partial charge in [0.05, 0.1) is 0 Å². The summed E-state index contributed by atoms with van der Waals surface area (Å²) in [6.45, 7) is 0. The number of barbiturate groups is 1. The molecule has 0 unspecified atom stereocenters. The van der Waals surface area contributed by atoms with Crippen molar-refractivity contribution in [2.75, 3.05) is 0 Å². The van der Waals surface area contributed by atoms with Gasteiger partial charge < -0.3 is 5.21 Å². The molecule has 2 rings (SSSR count). The van der Waals surface area contributed by atoms with E-state index in [1.54, 1.807) is 29.7 Å². The summed E-state index contributed by atoms with van der Waals surface area (Å²) < 4.78 is 0. The number of carbonyl (C=O) groups excluding carboxylic acids is 3. The van der Waals surface area contributed by atoms with Gasteiger partial charge in [-0.05, 0) is 11.6 Å². The molecule has 1 saturated heterocycles. The largest absolute Gasteiger partial charge is 0.328 e. The minimum Gasteiger partial charge on any atom is -0.315 e. The summed E-state index contributed by atoms with van der Waals surface area (Å²) in [5, 5.41) is 13.4. The molecule has 1 aromatic carbocycles. The van der Waals surface area contributed by atoms with Gasteiger partial charge >= 0.3 is 6.03 Å². The fraction of sp³-hybridized carbons (Fsp3) is 0.182. The summed E-state index contributed by atoms with van der Waals surface area (Å²) in [7, 11) is 0. The van der Waals surface area contributed by atoms with E-state index in [-0.39, 0.29) is 6.42 Å². The minimum absolute atomic E-state index is 0.200. The molecule has 7 nitrogen and oxygen atoms in total. The lowest BCUT2D eigenvalue weighted by Crippen LogP contribution is -2.72. The highest BCUT2D eigenvalue weighted by atomic mass is 35.5. The Morgan fingerprint density at radius 2 is 1.74 bits per heavy atom. The van der Waals surface area contributed by atoms with Crippen molar-refractivity contribution in [2.24, 2.45) is 0 Å². The van der Waals surface area contributed by atoms with Crippen LogP contribution in [0.5, 0.6) is 0 Å². The lowest BCUT2D eigenvalue weighted by molar-refractivity contribution is -0.145. The van der Waals surface area contributed by atoms with Gasteiger partial charge in [0.15, 0.2) is 0 Å². The van der Waals surface area contributed by atoms with Crippen LogP contribution in [0.4, 0.5) is 4.79 Å². The van der Waals surface area contributed by atoms with E-state index in [1.165, 1.54) is 0 Å². The number of hydrogen-bond donors (Lipinski definition) is 4. The zero-order valence-electron chi connectivity index (χ0n) is 9.57. The third kappa shape index (κ3) is 2.30. The average molecular weight is 284 g/mol. The molecular weight excluding hydrogens is 274 g/mol. The van der Waals surface area contributed by atoms with E-state index in [0.717, 1.165) is 0 Å². The first-order valence-corrected chi connectivity index (χ1v) is 5.69. The number of nitrogens with one attached hydrogen (secondary N) is 3. The zero-order valence-corrected chi connectivity index (χ0v) is 10.3. The Morgan fingerprint density at radius 3 is 2.26 bits per heavy atom. The first kappa shape index (κ1) is 13.5. The first-order chi connectivity index (χ1) is 8.99. The van der Waals surface area contributed by atoms with E-state index in [9.17, 15) is 19.6 Å². The van der Waals surface area contributed by atoms with E-state index >= 15 is 0 Å². The maximum absolute atomic E-state index is 11.8. The van der Waals surface area contributed by atoms with E-state index in [0.29, 0.717) is 10.6 Å².